The SMILES string of the molecule is C=C(C)C(=O)Oc1cc(OC(=O)C(=C)COC)ccc1-c1ccc(OC(=O)C(=C)COC)cc1OC(=O)C(=C)C. The Morgan fingerprint density at radius 2 is 0.925 bits per heavy atom. The van der Waals surface area contributed by atoms with Crippen LogP contribution in [0.4, 0.5) is 0 Å². The summed E-state index contributed by atoms with van der Waals surface area (Å²) in [5.41, 5.74) is 0.898. The number of carbonyl (C=O) groups excluding carboxylic acids is 4. The molecule has 0 fully saturated rings. The Labute approximate surface area is 232 Å². The average Bonchev–Trinajstić information content (AvgIpc) is 2.89. The van der Waals surface area contributed by atoms with E-state index in [1.165, 1.54) is 64.5 Å². The first-order valence-electron chi connectivity index (χ1n) is 11.7. The molecule has 210 valence electrons. The monoisotopic (exact) mass is 550 g/mol. The zero-order valence-corrected chi connectivity index (χ0v) is 22.8. The number of rotatable bonds is 13. The van der Waals surface area contributed by atoms with Gasteiger partial charge in [-0.15, -0.1) is 0 Å². The third-order valence-electron chi connectivity index (χ3n) is 4.93. The number of hydrogen-bond acceptors (Lipinski definition) is 10. The predicted octanol–water partition coefficient (Wildman–Crippen LogP) is 4.53. The number of benzene rings is 2. The van der Waals surface area contributed by atoms with Crippen LogP contribution in [0.5, 0.6) is 23.0 Å². The van der Waals surface area contributed by atoms with Crippen molar-refractivity contribution in [2.24, 2.45) is 0 Å². The van der Waals surface area contributed by atoms with Gasteiger partial charge in [0.05, 0.1) is 24.4 Å². The number of ether oxygens (including phenoxy) is 6. The lowest BCUT2D eigenvalue weighted by molar-refractivity contribution is -0.131. The van der Waals surface area contributed by atoms with Crippen LogP contribution in [0.25, 0.3) is 11.1 Å². The van der Waals surface area contributed by atoms with Crippen LogP contribution in [0.2, 0.25) is 0 Å². The molecular formula is C30H30O10. The van der Waals surface area contributed by atoms with E-state index >= 15 is 0 Å². The number of hydrogen-bond donors (Lipinski definition) is 0. The van der Waals surface area contributed by atoms with Crippen molar-refractivity contribution in [3.8, 4) is 34.1 Å². The Balaban J connectivity index is 2.61. The van der Waals surface area contributed by atoms with Gasteiger partial charge < -0.3 is 28.4 Å². The lowest BCUT2D eigenvalue weighted by Gasteiger charge is -2.16. The first kappa shape index (κ1) is 31.4. The lowest BCUT2D eigenvalue weighted by atomic mass is 10.0. The Morgan fingerprint density at radius 3 is 1.23 bits per heavy atom. The highest BCUT2D eigenvalue weighted by Gasteiger charge is 2.21. The molecule has 0 aliphatic rings. The van der Waals surface area contributed by atoms with E-state index in [0.29, 0.717) is 0 Å². The van der Waals surface area contributed by atoms with Crippen molar-refractivity contribution in [1.82, 2.24) is 0 Å². The summed E-state index contributed by atoms with van der Waals surface area (Å²) in [5, 5.41) is 0. The highest BCUT2D eigenvalue weighted by atomic mass is 16.6. The minimum atomic E-state index is -0.754. The molecule has 0 amide bonds. The smallest absolute Gasteiger partial charge is 0.341 e. The minimum absolute atomic E-state index is 0.0400. The van der Waals surface area contributed by atoms with Gasteiger partial charge in [-0.25, -0.2) is 19.2 Å². The van der Waals surface area contributed by atoms with Crippen LogP contribution in [0.1, 0.15) is 13.8 Å². The molecule has 2 aromatic rings. The maximum atomic E-state index is 12.4. The van der Waals surface area contributed by atoms with Gasteiger partial charge in [0, 0.05) is 48.6 Å². The first-order valence-corrected chi connectivity index (χ1v) is 11.7. The molecule has 0 heterocycles. The molecule has 0 aliphatic carbocycles. The van der Waals surface area contributed by atoms with E-state index < -0.39 is 23.9 Å². The Morgan fingerprint density at radius 1 is 0.575 bits per heavy atom. The van der Waals surface area contributed by atoms with Crippen LogP contribution in [0.3, 0.4) is 0 Å². The first-order chi connectivity index (χ1) is 18.9. The van der Waals surface area contributed by atoms with Crippen molar-refractivity contribution >= 4 is 23.9 Å². The number of carbonyl (C=O) groups is 4. The molecule has 2 aromatic carbocycles. The molecule has 10 heteroatoms. The van der Waals surface area contributed by atoms with Crippen molar-refractivity contribution in [1.29, 1.82) is 0 Å². The maximum absolute atomic E-state index is 12.4. The topological polar surface area (TPSA) is 124 Å². The Bertz CT molecular complexity index is 1280. The van der Waals surface area contributed by atoms with Crippen LogP contribution >= 0.6 is 0 Å². The second-order valence-electron chi connectivity index (χ2n) is 8.51. The summed E-state index contributed by atoms with van der Waals surface area (Å²) in [5.74, 6) is -3.00. The van der Waals surface area contributed by atoms with E-state index in [4.69, 9.17) is 28.4 Å². The minimum Gasteiger partial charge on any atom is -0.423 e. The van der Waals surface area contributed by atoms with Crippen LogP contribution in [-0.2, 0) is 28.7 Å². The van der Waals surface area contributed by atoms with Crippen LogP contribution in [0, 0.1) is 0 Å². The van der Waals surface area contributed by atoms with Crippen LogP contribution < -0.4 is 18.9 Å². The van der Waals surface area contributed by atoms with Gasteiger partial charge in [0.15, 0.2) is 0 Å². The second-order valence-corrected chi connectivity index (χ2v) is 8.51. The molecular weight excluding hydrogens is 520 g/mol. The molecule has 0 radical (unpaired) electrons. The molecule has 0 bridgehead atoms. The van der Waals surface area contributed by atoms with Crippen molar-refractivity contribution in [3.63, 3.8) is 0 Å². The molecule has 0 saturated carbocycles. The summed E-state index contributed by atoms with van der Waals surface area (Å²) in [6, 6.07) is 8.48. The summed E-state index contributed by atoms with van der Waals surface area (Å²) in [4.78, 5) is 49.5. The quantitative estimate of drug-likeness (QED) is 0.200. The third-order valence-corrected chi connectivity index (χ3v) is 4.93. The highest BCUT2D eigenvalue weighted by molar-refractivity contribution is 5.94. The molecule has 0 saturated heterocycles. The van der Waals surface area contributed by atoms with E-state index in [1.807, 2.05) is 0 Å². The van der Waals surface area contributed by atoms with Gasteiger partial charge in [0.1, 0.15) is 23.0 Å². The fourth-order valence-electron chi connectivity index (χ4n) is 2.94. The molecule has 10 nitrogen and oxygen atoms in total. The lowest BCUT2D eigenvalue weighted by Crippen LogP contribution is -2.15. The fraction of sp³-hybridized carbons (Fsp3) is 0.200. The van der Waals surface area contributed by atoms with Crippen LogP contribution in [-0.4, -0.2) is 51.3 Å². The molecule has 0 unspecified atom stereocenters. The van der Waals surface area contributed by atoms with Gasteiger partial charge in [-0.1, -0.05) is 26.3 Å². The normalized spacial score (nSPS) is 10.2. The van der Waals surface area contributed by atoms with E-state index in [1.54, 1.807) is 0 Å². The maximum Gasteiger partial charge on any atom is 0.341 e. The number of methoxy groups -OCH3 is 2. The van der Waals surface area contributed by atoms with E-state index in [0.717, 1.165) is 0 Å². The van der Waals surface area contributed by atoms with Crippen LogP contribution in [0.15, 0.2) is 85.0 Å². The van der Waals surface area contributed by atoms with Crippen molar-refractivity contribution in [2.75, 3.05) is 27.4 Å². The largest absolute Gasteiger partial charge is 0.423 e. The standard InChI is InChI=1S/C30H30O10/c1-17(2)27(31)39-25-13-21(37-29(33)19(5)15-35-7)9-11-23(25)24-12-10-22(38-30(34)20(6)16-36-8)14-26(24)40-28(32)18(3)4/h9-14H,1,3,5-6,15-16H2,2,4,7-8H3. The van der Waals surface area contributed by atoms with Gasteiger partial charge in [-0.05, 0) is 38.1 Å². The number of esters is 4. The third kappa shape index (κ3) is 8.62. The summed E-state index contributed by atoms with van der Waals surface area (Å²) < 4.78 is 31.5. The van der Waals surface area contributed by atoms with Crippen molar-refractivity contribution in [2.45, 2.75) is 13.8 Å². The van der Waals surface area contributed by atoms with Gasteiger partial charge in [-0.2, -0.15) is 0 Å². The summed E-state index contributed by atoms with van der Waals surface area (Å²) >= 11 is 0. The Kier molecular flexibility index (Phi) is 11.3. The van der Waals surface area contributed by atoms with Crippen molar-refractivity contribution in [3.05, 3.63) is 85.0 Å². The molecule has 0 aliphatic heterocycles. The molecule has 40 heavy (non-hydrogen) atoms. The van der Waals surface area contributed by atoms with Gasteiger partial charge in [-0.3, -0.25) is 0 Å². The summed E-state index contributed by atoms with van der Waals surface area (Å²) in [6.45, 7) is 17.2. The van der Waals surface area contributed by atoms with Gasteiger partial charge in [0.25, 0.3) is 0 Å². The van der Waals surface area contributed by atoms with Crippen molar-refractivity contribution < 1.29 is 47.6 Å². The van der Waals surface area contributed by atoms with Gasteiger partial charge >= 0.3 is 23.9 Å². The van der Waals surface area contributed by atoms with Gasteiger partial charge in [0.2, 0.25) is 0 Å². The Hall–Kier alpha value is -4.80. The molecule has 0 N–H and O–H groups in total. The second kappa shape index (κ2) is 14.4. The zero-order valence-electron chi connectivity index (χ0n) is 22.8. The molecule has 0 atom stereocenters. The van der Waals surface area contributed by atoms with E-state index in [2.05, 4.69) is 26.3 Å². The summed E-state index contributed by atoms with van der Waals surface area (Å²) in [6.07, 6.45) is 0. The fourth-order valence-corrected chi connectivity index (χ4v) is 2.94. The molecule has 2 rings (SSSR count). The molecule has 0 aromatic heterocycles. The highest BCUT2D eigenvalue weighted by Crippen LogP contribution is 2.41. The average molecular weight is 551 g/mol. The molecule has 0 spiro atoms. The predicted molar refractivity (Wildman–Crippen MR) is 146 cm³/mol. The van der Waals surface area contributed by atoms with E-state index in [-0.39, 0.29) is 69.6 Å². The zero-order chi connectivity index (χ0) is 30.0. The summed E-state index contributed by atoms with van der Waals surface area (Å²) in [7, 11) is 2.81. The van der Waals surface area contributed by atoms with E-state index in [9.17, 15) is 19.2 Å².